The molecule has 1 amide bonds. The summed E-state index contributed by atoms with van der Waals surface area (Å²) in [5.41, 5.74) is 1.70. The number of esters is 1. The molecule has 0 unspecified atom stereocenters. The van der Waals surface area contributed by atoms with Crippen molar-refractivity contribution in [2.45, 2.75) is 33.1 Å². The zero-order valence-corrected chi connectivity index (χ0v) is 17.4. The third-order valence-electron chi connectivity index (χ3n) is 4.14. The summed E-state index contributed by atoms with van der Waals surface area (Å²) in [6.07, 6.45) is 2.71. The number of aromatic nitrogens is 1. The van der Waals surface area contributed by atoms with Crippen LogP contribution in [0.5, 0.6) is 5.75 Å². The number of rotatable bonds is 9. The van der Waals surface area contributed by atoms with Crippen molar-refractivity contribution in [1.82, 2.24) is 4.98 Å². The topological polar surface area (TPSA) is 77.5 Å². The Kier molecular flexibility index (Phi) is 7.19. The van der Waals surface area contributed by atoms with E-state index in [2.05, 4.69) is 10.3 Å². The number of anilines is 1. The first kappa shape index (κ1) is 20.8. The predicted octanol–water partition coefficient (Wildman–Crippen LogP) is 5.29. The van der Waals surface area contributed by atoms with Crippen LogP contribution in [-0.4, -0.2) is 30.1 Å². The van der Waals surface area contributed by atoms with E-state index in [-0.39, 0.29) is 11.9 Å². The van der Waals surface area contributed by atoms with Crippen molar-refractivity contribution < 1.29 is 19.1 Å². The van der Waals surface area contributed by atoms with Gasteiger partial charge in [0.15, 0.2) is 5.13 Å². The highest BCUT2D eigenvalue weighted by Gasteiger charge is 2.13. The molecule has 0 aliphatic rings. The van der Waals surface area contributed by atoms with Crippen LogP contribution in [0.15, 0.2) is 42.5 Å². The lowest BCUT2D eigenvalue weighted by atomic mass is 10.2. The Morgan fingerprint density at radius 2 is 1.90 bits per heavy atom. The van der Waals surface area contributed by atoms with E-state index in [0.717, 1.165) is 29.5 Å². The number of hydrogen-bond donors (Lipinski definition) is 1. The quantitative estimate of drug-likeness (QED) is 0.381. The van der Waals surface area contributed by atoms with Gasteiger partial charge in [0.2, 0.25) is 0 Å². The maximum Gasteiger partial charge on any atom is 0.338 e. The standard InChI is InChI=1S/C22H24N2O4S/c1-3-5-12-28-21(26)16-9-10-18-19(14-16)29-22(23-18)24-20(25)15-7-6-8-17(13-15)27-11-4-2/h6-10,13-14H,3-5,11-12H2,1-2H3,(H,23,24,25). The largest absolute Gasteiger partial charge is 0.494 e. The number of unbranched alkanes of at least 4 members (excludes halogenated alkanes) is 1. The first-order valence-corrected chi connectivity index (χ1v) is 10.5. The van der Waals surface area contributed by atoms with E-state index in [1.165, 1.54) is 11.3 Å². The number of thiazole rings is 1. The minimum atomic E-state index is -0.344. The lowest BCUT2D eigenvalue weighted by Gasteiger charge is -2.06. The number of carbonyl (C=O) groups excluding carboxylic acids is 2. The minimum Gasteiger partial charge on any atom is -0.494 e. The number of nitrogens with one attached hydrogen (secondary N) is 1. The van der Waals surface area contributed by atoms with Crippen LogP contribution in [0.4, 0.5) is 5.13 Å². The third kappa shape index (κ3) is 5.54. The maximum absolute atomic E-state index is 12.6. The summed E-state index contributed by atoms with van der Waals surface area (Å²) in [6.45, 7) is 5.09. The molecule has 3 rings (SSSR count). The maximum atomic E-state index is 12.6. The minimum absolute atomic E-state index is 0.259. The average molecular weight is 413 g/mol. The van der Waals surface area contributed by atoms with Gasteiger partial charge in [0, 0.05) is 5.56 Å². The van der Waals surface area contributed by atoms with E-state index >= 15 is 0 Å². The van der Waals surface area contributed by atoms with Gasteiger partial charge in [-0.1, -0.05) is 37.7 Å². The van der Waals surface area contributed by atoms with Crippen LogP contribution in [0.25, 0.3) is 10.2 Å². The van der Waals surface area contributed by atoms with Gasteiger partial charge in [-0.05, 0) is 49.2 Å². The fourth-order valence-corrected chi connectivity index (χ4v) is 3.51. The van der Waals surface area contributed by atoms with Gasteiger partial charge >= 0.3 is 5.97 Å². The first-order chi connectivity index (χ1) is 14.1. The first-order valence-electron chi connectivity index (χ1n) is 9.72. The van der Waals surface area contributed by atoms with Crippen molar-refractivity contribution in [2.75, 3.05) is 18.5 Å². The predicted molar refractivity (Wildman–Crippen MR) is 115 cm³/mol. The summed E-state index contributed by atoms with van der Waals surface area (Å²) >= 11 is 1.32. The molecular weight excluding hydrogens is 388 g/mol. The van der Waals surface area contributed by atoms with Crippen LogP contribution in [0.1, 0.15) is 53.8 Å². The summed E-state index contributed by atoms with van der Waals surface area (Å²) < 4.78 is 11.6. The molecular formula is C22H24N2O4S. The number of amides is 1. The zero-order chi connectivity index (χ0) is 20.6. The third-order valence-corrected chi connectivity index (χ3v) is 5.08. The highest BCUT2D eigenvalue weighted by Crippen LogP contribution is 2.27. The second-order valence-electron chi connectivity index (χ2n) is 6.52. The lowest BCUT2D eigenvalue weighted by Crippen LogP contribution is -2.11. The molecule has 2 aromatic carbocycles. The highest BCUT2D eigenvalue weighted by atomic mass is 32.1. The van der Waals surface area contributed by atoms with Gasteiger partial charge in [-0.3, -0.25) is 10.1 Å². The molecule has 0 radical (unpaired) electrons. The zero-order valence-electron chi connectivity index (χ0n) is 16.6. The van der Waals surface area contributed by atoms with Crippen molar-refractivity contribution in [3.8, 4) is 5.75 Å². The Morgan fingerprint density at radius 3 is 2.69 bits per heavy atom. The molecule has 152 valence electrons. The Balaban J connectivity index is 1.70. The SMILES string of the molecule is CCCCOC(=O)c1ccc2nc(NC(=O)c3cccc(OCCC)c3)sc2c1. The van der Waals surface area contributed by atoms with E-state index in [4.69, 9.17) is 9.47 Å². The van der Waals surface area contributed by atoms with E-state index < -0.39 is 0 Å². The number of carbonyl (C=O) groups is 2. The van der Waals surface area contributed by atoms with Crippen molar-refractivity contribution >= 4 is 38.6 Å². The van der Waals surface area contributed by atoms with Crippen LogP contribution >= 0.6 is 11.3 Å². The molecule has 0 saturated heterocycles. The fraction of sp³-hybridized carbons (Fsp3) is 0.318. The Morgan fingerprint density at radius 1 is 1.03 bits per heavy atom. The molecule has 0 atom stereocenters. The van der Waals surface area contributed by atoms with E-state index in [1.807, 2.05) is 19.9 Å². The summed E-state index contributed by atoms with van der Waals surface area (Å²) in [7, 11) is 0. The molecule has 0 aliphatic carbocycles. The molecule has 7 heteroatoms. The Bertz CT molecular complexity index is 999. The summed E-state index contributed by atoms with van der Waals surface area (Å²) in [5.74, 6) is 0.0588. The molecule has 6 nitrogen and oxygen atoms in total. The molecule has 0 fully saturated rings. The monoisotopic (exact) mass is 412 g/mol. The number of fused-ring (bicyclic) bond motifs is 1. The molecule has 1 aromatic heterocycles. The van der Waals surface area contributed by atoms with Gasteiger partial charge in [0.1, 0.15) is 5.75 Å². The number of hydrogen-bond acceptors (Lipinski definition) is 6. The van der Waals surface area contributed by atoms with Gasteiger partial charge in [-0.2, -0.15) is 0 Å². The molecule has 0 aliphatic heterocycles. The van der Waals surface area contributed by atoms with E-state index in [1.54, 1.807) is 36.4 Å². The number of ether oxygens (including phenoxy) is 2. The smallest absolute Gasteiger partial charge is 0.338 e. The Labute approximate surface area is 173 Å². The van der Waals surface area contributed by atoms with Crippen LogP contribution in [0, 0.1) is 0 Å². The van der Waals surface area contributed by atoms with Gasteiger partial charge in [0.05, 0.1) is 29.0 Å². The van der Waals surface area contributed by atoms with Crippen molar-refractivity contribution in [1.29, 1.82) is 0 Å². The van der Waals surface area contributed by atoms with Crippen molar-refractivity contribution in [2.24, 2.45) is 0 Å². The summed E-state index contributed by atoms with van der Waals surface area (Å²) in [5, 5.41) is 3.29. The molecule has 0 saturated carbocycles. The van der Waals surface area contributed by atoms with Gasteiger partial charge in [-0.15, -0.1) is 0 Å². The van der Waals surface area contributed by atoms with Gasteiger partial charge in [0.25, 0.3) is 5.91 Å². The molecule has 29 heavy (non-hydrogen) atoms. The second-order valence-corrected chi connectivity index (χ2v) is 7.55. The van der Waals surface area contributed by atoms with Gasteiger partial charge in [-0.25, -0.2) is 9.78 Å². The van der Waals surface area contributed by atoms with Crippen molar-refractivity contribution in [3.05, 3.63) is 53.6 Å². The summed E-state index contributed by atoms with van der Waals surface area (Å²) in [4.78, 5) is 29.1. The molecule has 1 heterocycles. The lowest BCUT2D eigenvalue weighted by molar-refractivity contribution is 0.0500. The highest BCUT2D eigenvalue weighted by molar-refractivity contribution is 7.22. The summed E-state index contributed by atoms with van der Waals surface area (Å²) in [6, 6.07) is 12.2. The van der Waals surface area contributed by atoms with Crippen LogP contribution < -0.4 is 10.1 Å². The van der Waals surface area contributed by atoms with Crippen LogP contribution in [0.3, 0.4) is 0 Å². The van der Waals surface area contributed by atoms with E-state index in [9.17, 15) is 9.59 Å². The van der Waals surface area contributed by atoms with Crippen LogP contribution in [0.2, 0.25) is 0 Å². The fourth-order valence-electron chi connectivity index (χ4n) is 2.61. The second kappa shape index (κ2) is 10.0. The molecule has 0 spiro atoms. The number of benzene rings is 2. The molecule has 3 aromatic rings. The van der Waals surface area contributed by atoms with Crippen molar-refractivity contribution in [3.63, 3.8) is 0 Å². The average Bonchev–Trinajstić information content (AvgIpc) is 3.13. The molecule has 0 bridgehead atoms. The van der Waals surface area contributed by atoms with E-state index in [0.29, 0.717) is 35.2 Å². The normalized spacial score (nSPS) is 10.7. The Hall–Kier alpha value is -2.93. The number of nitrogens with zero attached hydrogens (tertiary/aromatic N) is 1. The van der Waals surface area contributed by atoms with Gasteiger partial charge < -0.3 is 9.47 Å². The molecule has 1 N–H and O–H groups in total. The van der Waals surface area contributed by atoms with Crippen LogP contribution in [-0.2, 0) is 4.74 Å².